The van der Waals surface area contributed by atoms with Gasteiger partial charge in [0.2, 0.25) is 0 Å². The number of amides is 1. The Morgan fingerprint density at radius 2 is 2.05 bits per heavy atom. The van der Waals surface area contributed by atoms with Crippen LogP contribution in [0, 0.1) is 0 Å². The minimum absolute atomic E-state index is 0.362. The Balaban J connectivity index is 1.99. The first kappa shape index (κ1) is 13.7. The van der Waals surface area contributed by atoms with E-state index in [2.05, 4.69) is 10.5 Å². The third-order valence-corrected chi connectivity index (χ3v) is 2.62. The van der Waals surface area contributed by atoms with Crippen LogP contribution in [-0.4, -0.2) is 26.2 Å². The summed E-state index contributed by atoms with van der Waals surface area (Å²) in [5.41, 5.74) is 8.91. The van der Waals surface area contributed by atoms with Crippen LogP contribution in [0.4, 0.5) is 11.6 Å². The third-order valence-electron chi connectivity index (χ3n) is 2.62. The monoisotopic (exact) mass is 272 g/mol. The van der Waals surface area contributed by atoms with Gasteiger partial charge in [0, 0.05) is 25.8 Å². The smallest absolute Gasteiger partial charge is 0.273 e. The molecule has 1 amide bonds. The number of anilines is 2. The molecule has 0 saturated heterocycles. The van der Waals surface area contributed by atoms with Crippen molar-refractivity contribution in [1.82, 2.24) is 5.43 Å². The molecule has 20 heavy (non-hydrogen) atoms. The summed E-state index contributed by atoms with van der Waals surface area (Å²) in [5, 5.41) is 3.84. The number of nitrogens with one attached hydrogen (secondary N) is 1. The number of rotatable bonds is 4. The number of hydrogen-bond acceptors (Lipinski definition) is 5. The summed E-state index contributed by atoms with van der Waals surface area (Å²) in [6, 6.07) is 10.4. The molecule has 0 aliphatic rings. The van der Waals surface area contributed by atoms with Crippen molar-refractivity contribution in [3.05, 3.63) is 47.7 Å². The van der Waals surface area contributed by atoms with Gasteiger partial charge < -0.3 is 15.1 Å². The SMILES string of the molecule is CN(C)c1ccc(/C=N\NC(=O)c2ccccc2N)o1. The standard InChI is InChI=1S/C14H16N4O2/c1-18(2)13-8-7-10(20-13)9-16-17-14(19)11-5-3-4-6-12(11)15/h3-9H,15H2,1-2H3,(H,17,19)/b16-9-. The fourth-order valence-electron chi connectivity index (χ4n) is 1.57. The molecule has 0 bridgehead atoms. The van der Waals surface area contributed by atoms with Crippen LogP contribution in [0.2, 0.25) is 0 Å². The highest BCUT2D eigenvalue weighted by Crippen LogP contribution is 2.14. The van der Waals surface area contributed by atoms with Gasteiger partial charge in [-0.15, -0.1) is 0 Å². The van der Waals surface area contributed by atoms with E-state index in [4.69, 9.17) is 10.2 Å². The summed E-state index contributed by atoms with van der Waals surface area (Å²) in [7, 11) is 3.75. The predicted octanol–water partition coefficient (Wildman–Crippen LogP) is 1.69. The molecule has 3 N–H and O–H groups in total. The van der Waals surface area contributed by atoms with Gasteiger partial charge in [-0.2, -0.15) is 5.10 Å². The molecule has 1 heterocycles. The molecule has 2 rings (SSSR count). The summed E-state index contributed by atoms with van der Waals surface area (Å²) in [6.45, 7) is 0. The second-order valence-electron chi connectivity index (χ2n) is 4.36. The fraction of sp³-hybridized carbons (Fsp3) is 0.143. The minimum Gasteiger partial charge on any atom is -0.440 e. The Morgan fingerprint density at radius 1 is 1.30 bits per heavy atom. The van der Waals surface area contributed by atoms with Crippen LogP contribution in [0.25, 0.3) is 0 Å². The van der Waals surface area contributed by atoms with Crippen LogP contribution in [-0.2, 0) is 0 Å². The molecule has 0 atom stereocenters. The quantitative estimate of drug-likeness (QED) is 0.504. The Morgan fingerprint density at radius 3 is 2.70 bits per heavy atom. The normalized spacial score (nSPS) is 10.7. The van der Waals surface area contributed by atoms with Gasteiger partial charge >= 0.3 is 0 Å². The van der Waals surface area contributed by atoms with Gasteiger partial charge in [-0.1, -0.05) is 12.1 Å². The van der Waals surface area contributed by atoms with Gasteiger partial charge in [-0.3, -0.25) is 4.79 Å². The van der Waals surface area contributed by atoms with Crippen LogP contribution in [0.1, 0.15) is 16.1 Å². The van der Waals surface area contributed by atoms with E-state index in [9.17, 15) is 4.79 Å². The number of hydrazone groups is 1. The predicted molar refractivity (Wildman–Crippen MR) is 78.9 cm³/mol. The van der Waals surface area contributed by atoms with Gasteiger partial charge in [0.15, 0.2) is 5.88 Å². The Hall–Kier alpha value is -2.76. The van der Waals surface area contributed by atoms with Crippen LogP contribution in [0.15, 0.2) is 45.9 Å². The van der Waals surface area contributed by atoms with Crippen LogP contribution >= 0.6 is 0 Å². The average molecular weight is 272 g/mol. The largest absolute Gasteiger partial charge is 0.440 e. The molecule has 1 aromatic carbocycles. The van der Waals surface area contributed by atoms with Crippen LogP contribution < -0.4 is 16.1 Å². The number of furan rings is 1. The zero-order chi connectivity index (χ0) is 14.5. The summed E-state index contributed by atoms with van der Waals surface area (Å²) >= 11 is 0. The van der Waals surface area contributed by atoms with Gasteiger partial charge in [0.1, 0.15) is 5.76 Å². The van der Waals surface area contributed by atoms with Gasteiger partial charge in [0.25, 0.3) is 5.91 Å². The lowest BCUT2D eigenvalue weighted by molar-refractivity contribution is 0.0956. The van der Waals surface area contributed by atoms with E-state index in [1.807, 2.05) is 25.1 Å². The summed E-state index contributed by atoms with van der Waals surface area (Å²) in [4.78, 5) is 13.7. The average Bonchev–Trinajstić information content (AvgIpc) is 2.88. The second kappa shape index (κ2) is 5.92. The van der Waals surface area contributed by atoms with Crippen molar-refractivity contribution in [2.75, 3.05) is 24.7 Å². The molecule has 0 fully saturated rings. The minimum atomic E-state index is -0.362. The second-order valence-corrected chi connectivity index (χ2v) is 4.36. The first-order valence-corrected chi connectivity index (χ1v) is 6.03. The molecule has 0 unspecified atom stereocenters. The van der Waals surface area contributed by atoms with Crippen molar-refractivity contribution >= 4 is 23.7 Å². The molecule has 0 aliphatic heterocycles. The maximum absolute atomic E-state index is 11.8. The molecule has 0 spiro atoms. The Kier molecular flexibility index (Phi) is 4.05. The van der Waals surface area contributed by atoms with E-state index in [1.54, 1.807) is 30.3 Å². The van der Waals surface area contributed by atoms with E-state index < -0.39 is 0 Å². The topological polar surface area (TPSA) is 83.9 Å². The highest BCUT2D eigenvalue weighted by molar-refractivity contribution is 5.99. The summed E-state index contributed by atoms with van der Waals surface area (Å²) in [6.07, 6.45) is 1.43. The number of nitrogen functional groups attached to an aromatic ring is 1. The zero-order valence-corrected chi connectivity index (χ0v) is 11.3. The molecule has 104 valence electrons. The number of carbonyl (C=O) groups is 1. The lowest BCUT2D eigenvalue weighted by Gasteiger charge is -2.05. The molecular weight excluding hydrogens is 256 g/mol. The molecular formula is C14H16N4O2. The lowest BCUT2D eigenvalue weighted by atomic mass is 10.2. The van der Waals surface area contributed by atoms with Crippen molar-refractivity contribution in [2.24, 2.45) is 5.10 Å². The highest BCUT2D eigenvalue weighted by Gasteiger charge is 2.07. The number of nitrogens with two attached hydrogens (primary N) is 1. The van der Waals surface area contributed by atoms with E-state index >= 15 is 0 Å². The highest BCUT2D eigenvalue weighted by atomic mass is 16.4. The number of hydrogen-bond donors (Lipinski definition) is 2. The first-order valence-electron chi connectivity index (χ1n) is 6.03. The van der Waals surface area contributed by atoms with E-state index in [0.29, 0.717) is 22.9 Å². The van der Waals surface area contributed by atoms with E-state index in [1.165, 1.54) is 6.21 Å². The molecule has 6 nitrogen and oxygen atoms in total. The summed E-state index contributed by atoms with van der Waals surface area (Å²) < 4.78 is 5.46. The van der Waals surface area contributed by atoms with Crippen molar-refractivity contribution in [2.45, 2.75) is 0 Å². The molecule has 0 radical (unpaired) electrons. The zero-order valence-electron chi connectivity index (χ0n) is 11.3. The molecule has 2 aromatic rings. The van der Waals surface area contributed by atoms with E-state index in [0.717, 1.165) is 0 Å². The maximum atomic E-state index is 11.8. The van der Waals surface area contributed by atoms with Crippen molar-refractivity contribution < 1.29 is 9.21 Å². The number of para-hydroxylation sites is 1. The number of benzene rings is 1. The fourth-order valence-corrected chi connectivity index (χ4v) is 1.57. The van der Waals surface area contributed by atoms with Gasteiger partial charge in [-0.05, 0) is 18.2 Å². The maximum Gasteiger partial charge on any atom is 0.273 e. The Bertz CT molecular complexity index is 632. The lowest BCUT2D eigenvalue weighted by Crippen LogP contribution is -2.18. The van der Waals surface area contributed by atoms with Crippen LogP contribution in [0.3, 0.4) is 0 Å². The third kappa shape index (κ3) is 3.17. The van der Waals surface area contributed by atoms with Crippen molar-refractivity contribution in [3.8, 4) is 0 Å². The number of carbonyl (C=O) groups excluding carboxylic acids is 1. The molecule has 0 saturated carbocycles. The van der Waals surface area contributed by atoms with Gasteiger partial charge in [-0.25, -0.2) is 5.43 Å². The van der Waals surface area contributed by atoms with E-state index in [-0.39, 0.29) is 5.91 Å². The number of nitrogens with zero attached hydrogens (tertiary/aromatic N) is 2. The molecule has 0 aliphatic carbocycles. The molecule has 1 aromatic heterocycles. The Labute approximate surface area is 116 Å². The van der Waals surface area contributed by atoms with Crippen LogP contribution in [0.5, 0.6) is 0 Å². The first-order chi connectivity index (χ1) is 9.58. The van der Waals surface area contributed by atoms with Gasteiger partial charge in [0.05, 0.1) is 11.8 Å². The van der Waals surface area contributed by atoms with Crippen molar-refractivity contribution in [1.29, 1.82) is 0 Å². The van der Waals surface area contributed by atoms with Crippen molar-refractivity contribution in [3.63, 3.8) is 0 Å². The summed E-state index contributed by atoms with van der Waals surface area (Å²) in [5.74, 6) is 0.902. The molecule has 6 heteroatoms.